The molecule has 2 aliphatic rings. The molecule has 1 atom stereocenters. The van der Waals surface area contributed by atoms with Gasteiger partial charge < -0.3 is 4.90 Å². The van der Waals surface area contributed by atoms with Crippen molar-refractivity contribution in [2.75, 3.05) is 31.1 Å². The van der Waals surface area contributed by atoms with Gasteiger partial charge in [0.25, 0.3) is 0 Å². The van der Waals surface area contributed by atoms with E-state index in [1.54, 1.807) is 0 Å². The van der Waals surface area contributed by atoms with Crippen LogP contribution >= 0.6 is 15.9 Å². The van der Waals surface area contributed by atoms with Crippen LogP contribution < -0.4 is 4.90 Å². The zero-order valence-electron chi connectivity index (χ0n) is 11.6. The van der Waals surface area contributed by atoms with E-state index in [9.17, 15) is 0 Å². The van der Waals surface area contributed by atoms with E-state index >= 15 is 0 Å². The molecule has 0 N–H and O–H groups in total. The number of nitrogens with zero attached hydrogens (tertiary/aromatic N) is 3. The number of rotatable bonds is 2. The lowest BCUT2D eigenvalue weighted by atomic mass is 9.99. The summed E-state index contributed by atoms with van der Waals surface area (Å²) < 4.78 is 0. The molecule has 0 spiro atoms. The largest absolute Gasteiger partial charge is 0.354 e. The lowest BCUT2D eigenvalue weighted by Gasteiger charge is -2.44. The molecule has 104 valence electrons. The number of alkyl halides is 1. The first kappa shape index (κ1) is 13.4. The van der Waals surface area contributed by atoms with Crippen molar-refractivity contribution >= 4 is 21.7 Å². The van der Waals surface area contributed by atoms with Crippen molar-refractivity contribution in [3.8, 4) is 0 Å². The summed E-state index contributed by atoms with van der Waals surface area (Å²) in [5.41, 5.74) is 2.57. The fourth-order valence-electron chi connectivity index (χ4n) is 3.38. The maximum atomic E-state index is 4.69. The van der Waals surface area contributed by atoms with Crippen molar-refractivity contribution < 1.29 is 0 Å². The molecule has 1 aromatic rings. The first-order valence-electron chi connectivity index (χ1n) is 7.28. The SMILES string of the molecule is Cc1cc(CBr)cnc1N1CCN2CCCCC2C1. The van der Waals surface area contributed by atoms with E-state index in [0.717, 1.165) is 24.5 Å². The summed E-state index contributed by atoms with van der Waals surface area (Å²) in [5.74, 6) is 1.19. The average molecular weight is 324 g/mol. The number of hydrogen-bond acceptors (Lipinski definition) is 3. The van der Waals surface area contributed by atoms with Gasteiger partial charge in [0.05, 0.1) is 0 Å². The lowest BCUT2D eigenvalue weighted by molar-refractivity contribution is 0.133. The Morgan fingerprint density at radius 1 is 1.32 bits per heavy atom. The highest BCUT2D eigenvalue weighted by Crippen LogP contribution is 2.26. The molecule has 2 fully saturated rings. The van der Waals surface area contributed by atoms with Crippen LogP contribution in [0.5, 0.6) is 0 Å². The quantitative estimate of drug-likeness (QED) is 0.780. The molecule has 0 aliphatic carbocycles. The standard InChI is InChI=1S/C15H22BrN3/c1-12-8-13(9-16)10-17-15(12)19-7-6-18-5-3-2-4-14(18)11-19/h8,10,14H,2-7,9,11H2,1H3. The number of hydrogen-bond donors (Lipinski definition) is 0. The molecule has 2 aliphatic heterocycles. The third-order valence-electron chi connectivity index (χ3n) is 4.40. The molecule has 3 rings (SSSR count). The molecule has 0 amide bonds. The van der Waals surface area contributed by atoms with Crippen LogP contribution in [-0.4, -0.2) is 42.1 Å². The zero-order valence-corrected chi connectivity index (χ0v) is 13.2. The molecule has 1 aromatic heterocycles. The van der Waals surface area contributed by atoms with Gasteiger partial charge in [-0.15, -0.1) is 0 Å². The minimum Gasteiger partial charge on any atom is -0.354 e. The Kier molecular flexibility index (Phi) is 4.08. The molecular formula is C15H22BrN3. The van der Waals surface area contributed by atoms with E-state index in [-0.39, 0.29) is 0 Å². The zero-order chi connectivity index (χ0) is 13.2. The molecule has 3 nitrogen and oxygen atoms in total. The van der Waals surface area contributed by atoms with Gasteiger partial charge in [-0.05, 0) is 37.4 Å². The van der Waals surface area contributed by atoms with Crippen LogP contribution in [0.1, 0.15) is 30.4 Å². The van der Waals surface area contributed by atoms with Crippen molar-refractivity contribution in [2.24, 2.45) is 0 Å². The lowest BCUT2D eigenvalue weighted by Crippen LogP contribution is -2.55. The van der Waals surface area contributed by atoms with E-state index in [4.69, 9.17) is 0 Å². The predicted molar refractivity (Wildman–Crippen MR) is 83.0 cm³/mol. The number of piperidine rings is 1. The van der Waals surface area contributed by atoms with E-state index < -0.39 is 0 Å². The van der Waals surface area contributed by atoms with Crippen LogP contribution in [0.2, 0.25) is 0 Å². The second kappa shape index (κ2) is 5.80. The Hall–Kier alpha value is -0.610. The summed E-state index contributed by atoms with van der Waals surface area (Å²) in [6.07, 6.45) is 6.14. The number of aromatic nitrogens is 1. The molecule has 4 heteroatoms. The predicted octanol–water partition coefficient (Wildman–Crippen LogP) is 2.96. The minimum atomic E-state index is 0.750. The number of pyridine rings is 1. The van der Waals surface area contributed by atoms with Crippen molar-refractivity contribution in [1.29, 1.82) is 0 Å². The third kappa shape index (κ3) is 2.79. The Balaban J connectivity index is 1.75. The fraction of sp³-hybridized carbons (Fsp3) is 0.667. The van der Waals surface area contributed by atoms with Crippen molar-refractivity contribution in [3.05, 3.63) is 23.4 Å². The average Bonchev–Trinajstić information content (AvgIpc) is 2.46. The smallest absolute Gasteiger partial charge is 0.131 e. The van der Waals surface area contributed by atoms with Gasteiger partial charge in [-0.1, -0.05) is 28.4 Å². The number of piperazine rings is 1. The summed E-state index contributed by atoms with van der Waals surface area (Å²) >= 11 is 3.50. The van der Waals surface area contributed by atoms with Crippen LogP contribution in [0.25, 0.3) is 0 Å². The summed E-state index contributed by atoms with van der Waals surface area (Å²) in [5, 5.41) is 0.886. The van der Waals surface area contributed by atoms with Gasteiger partial charge in [-0.2, -0.15) is 0 Å². The Labute approximate surface area is 124 Å². The van der Waals surface area contributed by atoms with E-state index in [2.05, 4.69) is 43.7 Å². The molecule has 1 unspecified atom stereocenters. The van der Waals surface area contributed by atoms with E-state index in [1.165, 1.54) is 49.3 Å². The first-order valence-corrected chi connectivity index (χ1v) is 8.40. The van der Waals surface area contributed by atoms with Gasteiger partial charge in [0.1, 0.15) is 5.82 Å². The van der Waals surface area contributed by atoms with Crippen molar-refractivity contribution in [1.82, 2.24) is 9.88 Å². The highest BCUT2D eigenvalue weighted by Gasteiger charge is 2.29. The number of fused-ring (bicyclic) bond motifs is 1. The van der Waals surface area contributed by atoms with Crippen LogP contribution in [-0.2, 0) is 5.33 Å². The number of anilines is 1. The van der Waals surface area contributed by atoms with Gasteiger partial charge in [0.2, 0.25) is 0 Å². The molecule has 0 saturated carbocycles. The highest BCUT2D eigenvalue weighted by atomic mass is 79.9. The van der Waals surface area contributed by atoms with Crippen LogP contribution in [0.3, 0.4) is 0 Å². The van der Waals surface area contributed by atoms with Gasteiger partial charge >= 0.3 is 0 Å². The van der Waals surface area contributed by atoms with Gasteiger partial charge in [-0.3, -0.25) is 4.90 Å². The Bertz CT molecular complexity index is 449. The number of aryl methyl sites for hydroxylation is 1. The van der Waals surface area contributed by atoms with Crippen LogP contribution in [0.15, 0.2) is 12.3 Å². The van der Waals surface area contributed by atoms with E-state index in [0.29, 0.717) is 0 Å². The molecule has 0 bridgehead atoms. The second-order valence-electron chi connectivity index (χ2n) is 5.75. The maximum absolute atomic E-state index is 4.69. The molecule has 19 heavy (non-hydrogen) atoms. The normalized spacial score (nSPS) is 24.3. The second-order valence-corrected chi connectivity index (χ2v) is 6.31. The summed E-state index contributed by atoms with van der Waals surface area (Å²) in [4.78, 5) is 9.84. The summed E-state index contributed by atoms with van der Waals surface area (Å²) in [7, 11) is 0. The highest BCUT2D eigenvalue weighted by molar-refractivity contribution is 9.08. The molecular weight excluding hydrogens is 302 g/mol. The Morgan fingerprint density at radius 2 is 2.21 bits per heavy atom. The fourth-order valence-corrected chi connectivity index (χ4v) is 3.68. The maximum Gasteiger partial charge on any atom is 0.131 e. The first-order chi connectivity index (χ1) is 9.28. The van der Waals surface area contributed by atoms with Crippen LogP contribution in [0.4, 0.5) is 5.82 Å². The van der Waals surface area contributed by atoms with Crippen molar-refractivity contribution in [3.63, 3.8) is 0 Å². The minimum absolute atomic E-state index is 0.750. The molecule has 0 aromatic carbocycles. The summed E-state index contributed by atoms with van der Waals surface area (Å²) in [6.45, 7) is 6.96. The molecule has 3 heterocycles. The van der Waals surface area contributed by atoms with Gasteiger partial charge in [0.15, 0.2) is 0 Å². The van der Waals surface area contributed by atoms with Gasteiger partial charge in [-0.25, -0.2) is 4.98 Å². The van der Waals surface area contributed by atoms with Crippen LogP contribution in [0, 0.1) is 6.92 Å². The topological polar surface area (TPSA) is 19.4 Å². The molecule has 2 saturated heterocycles. The monoisotopic (exact) mass is 323 g/mol. The molecule has 0 radical (unpaired) electrons. The Morgan fingerprint density at radius 3 is 3.00 bits per heavy atom. The third-order valence-corrected chi connectivity index (χ3v) is 5.05. The van der Waals surface area contributed by atoms with Crippen molar-refractivity contribution in [2.45, 2.75) is 37.6 Å². The van der Waals surface area contributed by atoms with Gasteiger partial charge in [0, 0.05) is 37.2 Å². The number of halogens is 1. The van der Waals surface area contributed by atoms with E-state index in [1.807, 2.05) is 6.20 Å². The summed E-state index contributed by atoms with van der Waals surface area (Å²) in [6, 6.07) is 3.00.